The molecule has 0 aromatic heterocycles. The molecule has 1 aromatic carbocycles. The molecule has 1 heterocycles. The van der Waals surface area contributed by atoms with Gasteiger partial charge in [0.2, 0.25) is 0 Å². The van der Waals surface area contributed by atoms with Crippen LogP contribution in [0, 0.1) is 11.7 Å². The van der Waals surface area contributed by atoms with Gasteiger partial charge in [-0.25, -0.2) is 4.39 Å². The van der Waals surface area contributed by atoms with E-state index in [1.165, 1.54) is 11.8 Å². The molecule has 5 heteroatoms. The average Bonchev–Trinajstić information content (AvgIpc) is 2.92. The van der Waals surface area contributed by atoms with Crippen LogP contribution in [0.5, 0.6) is 0 Å². The normalized spacial score (nSPS) is 18.3. The second-order valence-electron chi connectivity index (χ2n) is 4.63. The standard InChI is InChI=1S/C14H19FN2OS/c1-2-16-13-11(4-3-5-12(13)15)14(18)17-8-10-6-7-19-9-10/h3-5,10,16H,2,6-9H2,1H3,(H,17,18). The number of hydrogen-bond acceptors (Lipinski definition) is 3. The van der Waals surface area contributed by atoms with Crippen molar-refractivity contribution in [3.8, 4) is 0 Å². The Hall–Kier alpha value is -1.23. The van der Waals surface area contributed by atoms with E-state index in [0.717, 1.165) is 12.2 Å². The number of amides is 1. The van der Waals surface area contributed by atoms with Crippen molar-refractivity contribution < 1.29 is 9.18 Å². The minimum atomic E-state index is -0.383. The molecule has 1 atom stereocenters. The molecule has 1 unspecified atom stereocenters. The Labute approximate surface area is 117 Å². The van der Waals surface area contributed by atoms with Gasteiger partial charge in [-0.3, -0.25) is 4.79 Å². The van der Waals surface area contributed by atoms with Crippen molar-refractivity contribution in [2.24, 2.45) is 5.92 Å². The van der Waals surface area contributed by atoms with Gasteiger partial charge >= 0.3 is 0 Å². The smallest absolute Gasteiger partial charge is 0.253 e. The van der Waals surface area contributed by atoms with Crippen LogP contribution >= 0.6 is 11.8 Å². The number of hydrogen-bond donors (Lipinski definition) is 2. The second-order valence-corrected chi connectivity index (χ2v) is 5.78. The Morgan fingerprint density at radius 1 is 1.53 bits per heavy atom. The summed E-state index contributed by atoms with van der Waals surface area (Å²) >= 11 is 1.92. The summed E-state index contributed by atoms with van der Waals surface area (Å²) in [5.74, 6) is 2.23. The maximum Gasteiger partial charge on any atom is 0.253 e. The van der Waals surface area contributed by atoms with Crippen molar-refractivity contribution >= 4 is 23.4 Å². The van der Waals surface area contributed by atoms with E-state index < -0.39 is 0 Å². The molecule has 19 heavy (non-hydrogen) atoms. The van der Waals surface area contributed by atoms with Crippen molar-refractivity contribution in [1.82, 2.24) is 5.32 Å². The number of anilines is 1. The van der Waals surface area contributed by atoms with Crippen LogP contribution in [0.25, 0.3) is 0 Å². The molecular weight excluding hydrogens is 263 g/mol. The molecule has 1 saturated heterocycles. The van der Waals surface area contributed by atoms with Crippen LogP contribution in [0.4, 0.5) is 10.1 Å². The highest BCUT2D eigenvalue weighted by Crippen LogP contribution is 2.23. The Morgan fingerprint density at radius 2 is 2.37 bits per heavy atom. The van der Waals surface area contributed by atoms with Crippen molar-refractivity contribution in [2.75, 3.05) is 29.9 Å². The Bertz CT molecular complexity index is 447. The zero-order valence-electron chi connectivity index (χ0n) is 11.0. The summed E-state index contributed by atoms with van der Waals surface area (Å²) in [6.45, 7) is 3.14. The number of nitrogens with one attached hydrogen (secondary N) is 2. The summed E-state index contributed by atoms with van der Waals surface area (Å²) < 4.78 is 13.7. The highest BCUT2D eigenvalue weighted by Gasteiger charge is 2.18. The number of rotatable bonds is 5. The molecule has 1 aromatic rings. The lowest BCUT2D eigenvalue weighted by Gasteiger charge is -2.13. The highest BCUT2D eigenvalue weighted by molar-refractivity contribution is 7.99. The van der Waals surface area contributed by atoms with Crippen LogP contribution in [-0.2, 0) is 0 Å². The average molecular weight is 282 g/mol. The Morgan fingerprint density at radius 3 is 3.05 bits per heavy atom. The summed E-state index contributed by atoms with van der Waals surface area (Å²) in [5, 5.41) is 5.82. The first-order chi connectivity index (χ1) is 9.22. The largest absolute Gasteiger partial charge is 0.382 e. The van der Waals surface area contributed by atoms with Gasteiger partial charge in [0.25, 0.3) is 5.91 Å². The van der Waals surface area contributed by atoms with Crippen molar-refractivity contribution in [2.45, 2.75) is 13.3 Å². The Balaban J connectivity index is 2.03. The SMILES string of the molecule is CCNc1c(F)cccc1C(=O)NCC1CCSC1. The molecule has 1 aliphatic rings. The third-order valence-electron chi connectivity index (χ3n) is 3.19. The van der Waals surface area contributed by atoms with Gasteiger partial charge in [0.15, 0.2) is 0 Å². The molecule has 3 nitrogen and oxygen atoms in total. The van der Waals surface area contributed by atoms with Crippen LogP contribution in [0.3, 0.4) is 0 Å². The van der Waals surface area contributed by atoms with E-state index in [0.29, 0.717) is 30.3 Å². The Kier molecular flexibility index (Phi) is 5.07. The van der Waals surface area contributed by atoms with Gasteiger partial charge in [-0.2, -0.15) is 11.8 Å². The van der Waals surface area contributed by atoms with Crippen LogP contribution in [-0.4, -0.2) is 30.5 Å². The van der Waals surface area contributed by atoms with Gasteiger partial charge < -0.3 is 10.6 Å². The molecule has 2 rings (SSSR count). The minimum absolute atomic E-state index is 0.202. The fraction of sp³-hybridized carbons (Fsp3) is 0.500. The van der Waals surface area contributed by atoms with Crippen LogP contribution < -0.4 is 10.6 Å². The van der Waals surface area contributed by atoms with Gasteiger partial charge in [-0.05, 0) is 42.9 Å². The quantitative estimate of drug-likeness (QED) is 0.872. The first-order valence-electron chi connectivity index (χ1n) is 6.60. The minimum Gasteiger partial charge on any atom is -0.382 e. The number of carbonyl (C=O) groups excluding carboxylic acids is 1. The van der Waals surface area contributed by atoms with E-state index in [2.05, 4.69) is 10.6 Å². The molecule has 0 spiro atoms. The van der Waals surface area contributed by atoms with E-state index in [1.54, 1.807) is 12.1 Å². The number of halogens is 1. The second kappa shape index (κ2) is 6.80. The van der Waals surface area contributed by atoms with Gasteiger partial charge in [-0.15, -0.1) is 0 Å². The number of thioether (sulfide) groups is 1. The summed E-state index contributed by atoms with van der Waals surface area (Å²) in [7, 11) is 0. The molecule has 0 bridgehead atoms. The third-order valence-corrected chi connectivity index (χ3v) is 4.42. The van der Waals surface area contributed by atoms with Gasteiger partial charge in [-0.1, -0.05) is 6.07 Å². The van der Waals surface area contributed by atoms with E-state index in [1.807, 2.05) is 18.7 Å². The van der Waals surface area contributed by atoms with Crippen LogP contribution in [0.2, 0.25) is 0 Å². The zero-order chi connectivity index (χ0) is 13.7. The summed E-state index contributed by atoms with van der Waals surface area (Å²) in [5.41, 5.74) is 0.677. The van der Waals surface area contributed by atoms with E-state index in [-0.39, 0.29) is 11.7 Å². The fourth-order valence-electron chi connectivity index (χ4n) is 2.15. The maximum atomic E-state index is 13.7. The lowest BCUT2D eigenvalue weighted by atomic mass is 10.1. The van der Waals surface area contributed by atoms with Crippen molar-refractivity contribution in [1.29, 1.82) is 0 Å². The number of benzene rings is 1. The predicted octanol–water partition coefficient (Wildman–Crippen LogP) is 2.74. The molecule has 1 amide bonds. The fourth-order valence-corrected chi connectivity index (χ4v) is 3.43. The monoisotopic (exact) mass is 282 g/mol. The zero-order valence-corrected chi connectivity index (χ0v) is 11.9. The molecule has 104 valence electrons. The maximum absolute atomic E-state index is 13.7. The van der Waals surface area contributed by atoms with Crippen LogP contribution in [0.15, 0.2) is 18.2 Å². The van der Waals surface area contributed by atoms with Gasteiger partial charge in [0, 0.05) is 13.1 Å². The molecule has 0 radical (unpaired) electrons. The predicted molar refractivity (Wildman–Crippen MR) is 78.3 cm³/mol. The molecule has 2 N–H and O–H groups in total. The van der Waals surface area contributed by atoms with E-state index >= 15 is 0 Å². The van der Waals surface area contributed by atoms with E-state index in [9.17, 15) is 9.18 Å². The summed E-state index contributed by atoms with van der Waals surface area (Å²) in [6.07, 6.45) is 1.15. The van der Waals surface area contributed by atoms with E-state index in [4.69, 9.17) is 0 Å². The van der Waals surface area contributed by atoms with Crippen LogP contribution in [0.1, 0.15) is 23.7 Å². The number of carbonyl (C=O) groups is 1. The lowest BCUT2D eigenvalue weighted by Crippen LogP contribution is -2.30. The molecular formula is C14H19FN2OS. The summed E-state index contributed by atoms with van der Waals surface area (Å²) in [6, 6.07) is 4.58. The lowest BCUT2D eigenvalue weighted by molar-refractivity contribution is 0.0949. The molecule has 0 saturated carbocycles. The first-order valence-corrected chi connectivity index (χ1v) is 7.76. The summed E-state index contributed by atoms with van der Waals surface area (Å²) in [4.78, 5) is 12.1. The highest BCUT2D eigenvalue weighted by atomic mass is 32.2. The van der Waals surface area contributed by atoms with Gasteiger partial charge in [0.05, 0.1) is 11.3 Å². The molecule has 1 fully saturated rings. The molecule has 0 aliphatic carbocycles. The molecule has 1 aliphatic heterocycles. The first kappa shape index (κ1) is 14.2. The topological polar surface area (TPSA) is 41.1 Å². The number of para-hydroxylation sites is 1. The third kappa shape index (κ3) is 3.62. The van der Waals surface area contributed by atoms with Crippen molar-refractivity contribution in [3.63, 3.8) is 0 Å². The van der Waals surface area contributed by atoms with Crippen molar-refractivity contribution in [3.05, 3.63) is 29.6 Å². The van der Waals surface area contributed by atoms with Gasteiger partial charge in [0.1, 0.15) is 5.82 Å².